The lowest BCUT2D eigenvalue weighted by Crippen LogP contribution is -2.33. The summed E-state index contributed by atoms with van der Waals surface area (Å²) in [5, 5.41) is 0. The first-order chi connectivity index (χ1) is 24.0. The molecule has 49 heavy (non-hydrogen) atoms. The van der Waals surface area contributed by atoms with Gasteiger partial charge in [-0.2, -0.15) is 4.57 Å². The summed E-state index contributed by atoms with van der Waals surface area (Å²) in [4.78, 5) is 5.47. The van der Waals surface area contributed by atoms with Crippen LogP contribution in [0.3, 0.4) is 0 Å². The Hall–Kier alpha value is -6.00. The maximum Gasteiger partial charge on any atom is 0.239 e. The SMILES string of the molecule is COc1ccc(-c2c[n+](C)c(-c3ccc(OC)cc3C)c(-c3ccc4c(c3)C3(c5ccccc5-c5ccccc53)c3ccccc3-4)n2)cc1. The monoisotopic (exact) mass is 635 g/mol. The minimum Gasteiger partial charge on any atom is -0.497 e. The zero-order chi connectivity index (χ0) is 33.3. The van der Waals surface area contributed by atoms with E-state index in [2.05, 4.69) is 140 Å². The van der Waals surface area contributed by atoms with Gasteiger partial charge < -0.3 is 9.47 Å². The third-order valence-electron chi connectivity index (χ3n) is 10.5. The largest absolute Gasteiger partial charge is 0.497 e. The standard InChI is InChI=1S/C45H35N2O2/c1-28-25-32(49-4)22-24-33(28)44-43(46-42(27-47(44)2)29-17-20-31(48-3)21-18-29)30-19-23-37-36-13-7-10-16-40(36)45(41(37)26-30)38-14-8-5-11-34(38)35-12-6-9-15-39(35)45/h5-27H,1-4H3/q+1. The summed E-state index contributed by atoms with van der Waals surface area (Å²) in [6, 6.07) is 48.2. The highest BCUT2D eigenvalue weighted by Crippen LogP contribution is 2.63. The van der Waals surface area contributed by atoms with E-state index in [9.17, 15) is 0 Å². The van der Waals surface area contributed by atoms with Gasteiger partial charge in [-0.15, -0.1) is 0 Å². The lowest BCUT2D eigenvalue weighted by atomic mass is 9.70. The summed E-state index contributed by atoms with van der Waals surface area (Å²) in [7, 11) is 5.52. The van der Waals surface area contributed by atoms with Crippen molar-refractivity contribution in [3.05, 3.63) is 167 Å². The number of aromatic nitrogens is 2. The number of hydrogen-bond acceptors (Lipinski definition) is 3. The number of fused-ring (bicyclic) bond motifs is 10. The molecule has 0 saturated carbocycles. The number of rotatable bonds is 5. The molecule has 4 heteroatoms. The molecule has 0 radical (unpaired) electrons. The van der Waals surface area contributed by atoms with E-state index >= 15 is 0 Å². The third-order valence-corrected chi connectivity index (χ3v) is 10.5. The van der Waals surface area contributed by atoms with Crippen LogP contribution in [-0.2, 0) is 12.5 Å². The Morgan fingerprint density at radius 1 is 0.531 bits per heavy atom. The van der Waals surface area contributed by atoms with Gasteiger partial charge >= 0.3 is 0 Å². The van der Waals surface area contributed by atoms with Crippen molar-refractivity contribution in [2.75, 3.05) is 14.2 Å². The second kappa shape index (κ2) is 11.0. The van der Waals surface area contributed by atoms with E-state index in [0.29, 0.717) is 0 Å². The summed E-state index contributed by atoms with van der Waals surface area (Å²) >= 11 is 0. The highest BCUT2D eigenvalue weighted by atomic mass is 16.5. The summed E-state index contributed by atoms with van der Waals surface area (Å²) in [6.07, 6.45) is 2.12. The van der Waals surface area contributed by atoms with Crippen molar-refractivity contribution in [3.63, 3.8) is 0 Å². The van der Waals surface area contributed by atoms with Gasteiger partial charge in [0.05, 0.1) is 25.2 Å². The minimum atomic E-state index is -0.429. The molecule has 6 aromatic carbocycles. The van der Waals surface area contributed by atoms with Crippen molar-refractivity contribution in [1.82, 2.24) is 4.98 Å². The molecule has 2 aliphatic carbocycles. The molecule has 0 atom stereocenters. The van der Waals surface area contributed by atoms with Gasteiger partial charge in [-0.3, -0.25) is 0 Å². The van der Waals surface area contributed by atoms with E-state index < -0.39 is 5.41 Å². The molecule has 7 aromatic rings. The zero-order valence-electron chi connectivity index (χ0n) is 28.0. The molecule has 0 unspecified atom stereocenters. The maximum absolute atomic E-state index is 5.59. The van der Waals surface area contributed by atoms with Crippen LogP contribution in [-0.4, -0.2) is 19.2 Å². The molecular weight excluding hydrogens is 601 g/mol. The molecule has 1 heterocycles. The van der Waals surface area contributed by atoms with Gasteiger partial charge in [0, 0.05) is 11.1 Å². The third kappa shape index (κ3) is 4.17. The quantitative estimate of drug-likeness (QED) is 0.177. The molecule has 9 rings (SSSR count). The van der Waals surface area contributed by atoms with Crippen molar-refractivity contribution >= 4 is 0 Å². The lowest BCUT2D eigenvalue weighted by Gasteiger charge is -2.30. The number of aryl methyl sites for hydroxylation is 2. The molecule has 2 aliphatic rings. The summed E-state index contributed by atoms with van der Waals surface area (Å²) in [5.74, 6) is 1.66. The fraction of sp³-hybridized carbons (Fsp3) is 0.111. The zero-order valence-corrected chi connectivity index (χ0v) is 28.0. The lowest BCUT2D eigenvalue weighted by molar-refractivity contribution is -0.659. The van der Waals surface area contributed by atoms with Crippen molar-refractivity contribution in [2.24, 2.45) is 7.05 Å². The molecule has 1 spiro atoms. The number of methoxy groups -OCH3 is 2. The van der Waals surface area contributed by atoms with E-state index in [4.69, 9.17) is 14.5 Å². The Morgan fingerprint density at radius 3 is 1.61 bits per heavy atom. The molecule has 236 valence electrons. The van der Waals surface area contributed by atoms with Crippen molar-refractivity contribution in [1.29, 1.82) is 0 Å². The van der Waals surface area contributed by atoms with E-state index in [1.54, 1.807) is 14.2 Å². The Morgan fingerprint density at radius 2 is 1.04 bits per heavy atom. The summed E-state index contributed by atoms with van der Waals surface area (Å²) < 4.78 is 13.3. The number of benzene rings is 6. The first kappa shape index (κ1) is 29.2. The second-order valence-electron chi connectivity index (χ2n) is 13.0. The predicted octanol–water partition coefficient (Wildman–Crippen LogP) is 9.58. The van der Waals surface area contributed by atoms with Gasteiger partial charge in [-0.1, -0.05) is 84.9 Å². The molecule has 0 aliphatic heterocycles. The predicted molar refractivity (Wildman–Crippen MR) is 196 cm³/mol. The van der Waals surface area contributed by atoms with Crippen molar-refractivity contribution < 1.29 is 14.0 Å². The number of nitrogens with zero attached hydrogens (tertiary/aromatic N) is 2. The molecule has 4 nitrogen and oxygen atoms in total. The van der Waals surface area contributed by atoms with Crippen LogP contribution < -0.4 is 14.0 Å². The van der Waals surface area contributed by atoms with E-state index in [-0.39, 0.29) is 0 Å². The Kier molecular flexibility index (Phi) is 6.57. The van der Waals surface area contributed by atoms with E-state index in [1.165, 1.54) is 44.5 Å². The van der Waals surface area contributed by atoms with Crippen molar-refractivity contribution in [3.8, 4) is 67.5 Å². The van der Waals surface area contributed by atoms with Crippen LogP contribution in [0, 0.1) is 6.92 Å². The fourth-order valence-electron chi connectivity index (χ4n) is 8.31. The highest BCUT2D eigenvalue weighted by Gasteiger charge is 2.51. The van der Waals surface area contributed by atoms with Gasteiger partial charge in [0.15, 0.2) is 6.20 Å². The molecule has 0 amide bonds. The minimum absolute atomic E-state index is 0.429. The van der Waals surface area contributed by atoms with Gasteiger partial charge in [0.1, 0.15) is 29.9 Å². The van der Waals surface area contributed by atoms with Gasteiger partial charge in [0.2, 0.25) is 5.69 Å². The summed E-state index contributed by atoms with van der Waals surface area (Å²) in [6.45, 7) is 2.14. The van der Waals surface area contributed by atoms with Crippen molar-refractivity contribution in [2.45, 2.75) is 12.3 Å². The Bertz CT molecular complexity index is 2380. The van der Waals surface area contributed by atoms with Crippen LogP contribution in [0.5, 0.6) is 11.5 Å². The van der Waals surface area contributed by atoms with Crippen LogP contribution >= 0.6 is 0 Å². The average Bonchev–Trinajstić information content (AvgIpc) is 3.62. The second-order valence-corrected chi connectivity index (χ2v) is 13.0. The maximum atomic E-state index is 5.59. The van der Waals surface area contributed by atoms with E-state index in [0.717, 1.165) is 50.8 Å². The molecule has 0 fully saturated rings. The Labute approximate surface area is 286 Å². The van der Waals surface area contributed by atoms with Gasteiger partial charge in [0.25, 0.3) is 0 Å². The van der Waals surface area contributed by atoms with Gasteiger partial charge in [-0.25, -0.2) is 4.98 Å². The first-order valence-corrected chi connectivity index (χ1v) is 16.7. The molecule has 0 N–H and O–H groups in total. The molecule has 1 aromatic heterocycles. The van der Waals surface area contributed by atoms with Crippen LogP contribution in [0.1, 0.15) is 27.8 Å². The molecule has 0 bridgehead atoms. The van der Waals surface area contributed by atoms with E-state index in [1.807, 2.05) is 18.2 Å². The van der Waals surface area contributed by atoms with Crippen LogP contribution in [0.15, 0.2) is 140 Å². The van der Waals surface area contributed by atoms with Crippen LogP contribution in [0.2, 0.25) is 0 Å². The average molecular weight is 636 g/mol. The Balaban J connectivity index is 1.34. The first-order valence-electron chi connectivity index (χ1n) is 16.7. The highest BCUT2D eigenvalue weighted by molar-refractivity contribution is 5.96. The van der Waals surface area contributed by atoms with Crippen LogP contribution in [0.4, 0.5) is 0 Å². The molecule has 0 saturated heterocycles. The number of ether oxygens (including phenoxy) is 2. The fourth-order valence-corrected chi connectivity index (χ4v) is 8.31. The normalized spacial score (nSPS) is 13.1. The number of hydrogen-bond donors (Lipinski definition) is 0. The molecular formula is C45H35N2O2+. The topological polar surface area (TPSA) is 35.2 Å². The smallest absolute Gasteiger partial charge is 0.239 e. The van der Waals surface area contributed by atoms with Gasteiger partial charge in [-0.05, 0) is 106 Å². The summed E-state index contributed by atoms with van der Waals surface area (Å²) in [5.41, 5.74) is 17.2. The van der Waals surface area contributed by atoms with Crippen LogP contribution in [0.25, 0.3) is 56.0 Å².